The summed E-state index contributed by atoms with van der Waals surface area (Å²) in [5.74, 6) is 1.32. The number of hydrogen-bond donors (Lipinski definition) is 2. The Morgan fingerprint density at radius 1 is 1.18 bits per heavy atom. The van der Waals surface area contributed by atoms with E-state index in [2.05, 4.69) is 15.3 Å². The molecule has 2 aliphatic rings. The number of carbonyl (C=O) groups excluding carboxylic acids is 1. The summed E-state index contributed by atoms with van der Waals surface area (Å²) in [6.07, 6.45) is 4.55. The Balaban J connectivity index is 1.46. The van der Waals surface area contributed by atoms with E-state index < -0.39 is 15.4 Å². The zero-order valence-corrected chi connectivity index (χ0v) is 23.7. The minimum absolute atomic E-state index is 0.0411. The van der Waals surface area contributed by atoms with Crippen molar-refractivity contribution in [1.82, 2.24) is 15.0 Å². The van der Waals surface area contributed by atoms with Gasteiger partial charge < -0.3 is 20.5 Å². The number of sulfone groups is 1. The summed E-state index contributed by atoms with van der Waals surface area (Å²) in [5, 5.41) is 4.36. The van der Waals surface area contributed by atoms with Crippen molar-refractivity contribution in [2.24, 2.45) is 5.73 Å². The third-order valence-corrected chi connectivity index (χ3v) is 9.93. The molecule has 0 spiro atoms. The van der Waals surface area contributed by atoms with Crippen LogP contribution in [0.5, 0.6) is 5.88 Å². The third kappa shape index (κ3) is 5.42. The van der Waals surface area contributed by atoms with Gasteiger partial charge in [0.2, 0.25) is 5.88 Å². The maximum absolute atomic E-state index is 12.3. The molecule has 3 N–H and O–H groups in total. The van der Waals surface area contributed by atoms with Crippen molar-refractivity contribution in [3.8, 4) is 5.88 Å². The average Bonchev–Trinajstić information content (AvgIpc) is 3.19. The molecule has 3 aromatic rings. The molecule has 2 aliphatic heterocycles. The van der Waals surface area contributed by atoms with Crippen molar-refractivity contribution in [1.29, 1.82) is 0 Å². The lowest BCUT2D eigenvalue weighted by molar-refractivity contribution is 0.0235. The Labute approximate surface area is 228 Å². The second-order valence-corrected chi connectivity index (χ2v) is 13.7. The monoisotopic (exact) mass is 553 g/mol. The van der Waals surface area contributed by atoms with E-state index in [0.29, 0.717) is 53.4 Å². The van der Waals surface area contributed by atoms with Gasteiger partial charge >= 0.3 is 5.97 Å². The van der Waals surface area contributed by atoms with Gasteiger partial charge in [-0.15, -0.1) is 0 Å². The van der Waals surface area contributed by atoms with Crippen molar-refractivity contribution in [2.75, 3.05) is 11.1 Å². The van der Waals surface area contributed by atoms with Crippen LogP contribution in [0.2, 0.25) is 0 Å². The highest BCUT2D eigenvalue weighted by atomic mass is 32.2. The number of fused-ring (bicyclic) bond motifs is 2. The first-order valence-corrected chi connectivity index (χ1v) is 15.0. The molecule has 11 heteroatoms. The Morgan fingerprint density at radius 2 is 1.95 bits per heavy atom. The van der Waals surface area contributed by atoms with E-state index in [9.17, 15) is 13.2 Å². The number of anilines is 2. The zero-order valence-electron chi connectivity index (χ0n) is 22.9. The highest BCUT2D eigenvalue weighted by Crippen LogP contribution is 2.35. The normalized spacial score (nSPS) is 23.2. The molecule has 0 bridgehead atoms. The number of nitrogens with zero attached hydrogens (tertiary/aromatic N) is 3. The van der Waals surface area contributed by atoms with Crippen LogP contribution in [0.25, 0.3) is 10.8 Å². The summed E-state index contributed by atoms with van der Waals surface area (Å²) in [7, 11) is -3.06. The summed E-state index contributed by atoms with van der Waals surface area (Å²) in [6.45, 7) is 9.50. The Kier molecular flexibility index (Phi) is 7.00. The maximum atomic E-state index is 12.3. The van der Waals surface area contributed by atoms with Gasteiger partial charge in [0.05, 0.1) is 33.8 Å². The first-order chi connectivity index (χ1) is 18.3. The van der Waals surface area contributed by atoms with Crippen LogP contribution in [-0.2, 0) is 20.1 Å². The predicted octanol–water partition coefficient (Wildman–Crippen LogP) is 4.36. The molecular weight excluding hydrogens is 518 g/mol. The smallest absolute Gasteiger partial charge is 0.340 e. The van der Waals surface area contributed by atoms with Gasteiger partial charge in [-0.2, -0.15) is 0 Å². The Bertz CT molecular complexity index is 1540. The topological polar surface area (TPSA) is 146 Å². The average molecular weight is 554 g/mol. The van der Waals surface area contributed by atoms with Gasteiger partial charge in [-0.1, -0.05) is 6.92 Å². The van der Waals surface area contributed by atoms with Gasteiger partial charge in [0.15, 0.2) is 9.84 Å². The molecule has 0 saturated carbocycles. The fourth-order valence-electron chi connectivity index (χ4n) is 5.27. The van der Waals surface area contributed by atoms with Crippen molar-refractivity contribution < 1.29 is 22.7 Å². The SMILES string of the molecule is C[C@@H]1OC(=O)c2ccc(Nc3cc4c(C(C)(C)N)cnc(O[C@@H](C)C[C@@H]5CCCS5(=O)=O)c4cn3)nc2[C@H]1C. The van der Waals surface area contributed by atoms with Crippen molar-refractivity contribution in [3.05, 3.63) is 47.4 Å². The Morgan fingerprint density at radius 3 is 2.64 bits per heavy atom. The first-order valence-electron chi connectivity index (χ1n) is 13.3. The molecule has 10 nitrogen and oxygen atoms in total. The highest BCUT2D eigenvalue weighted by molar-refractivity contribution is 7.92. The van der Waals surface area contributed by atoms with Crippen LogP contribution >= 0.6 is 0 Å². The van der Waals surface area contributed by atoms with Crippen molar-refractivity contribution in [3.63, 3.8) is 0 Å². The van der Waals surface area contributed by atoms with Crippen LogP contribution in [0.3, 0.4) is 0 Å². The molecule has 0 amide bonds. The molecule has 4 atom stereocenters. The molecule has 1 saturated heterocycles. The van der Waals surface area contributed by atoms with Gasteiger partial charge in [0.25, 0.3) is 0 Å². The lowest BCUT2D eigenvalue weighted by Crippen LogP contribution is -2.29. The summed E-state index contributed by atoms with van der Waals surface area (Å²) in [6, 6.07) is 5.32. The van der Waals surface area contributed by atoms with E-state index in [0.717, 1.165) is 10.9 Å². The van der Waals surface area contributed by atoms with Crippen LogP contribution in [-0.4, -0.2) is 52.5 Å². The maximum Gasteiger partial charge on any atom is 0.340 e. The Hall–Kier alpha value is -3.31. The van der Waals surface area contributed by atoms with Crippen molar-refractivity contribution in [2.45, 2.75) is 82.8 Å². The zero-order chi connectivity index (χ0) is 28.1. The number of aromatic nitrogens is 3. The first kappa shape index (κ1) is 27.3. The molecule has 0 aromatic carbocycles. The van der Waals surface area contributed by atoms with Gasteiger partial charge in [0.1, 0.15) is 17.7 Å². The van der Waals surface area contributed by atoms with Crippen LogP contribution in [0.4, 0.5) is 11.6 Å². The quantitative estimate of drug-likeness (QED) is 0.405. The van der Waals surface area contributed by atoms with Gasteiger partial charge in [-0.05, 0) is 69.7 Å². The van der Waals surface area contributed by atoms with Crippen LogP contribution in [0, 0.1) is 0 Å². The summed E-state index contributed by atoms with van der Waals surface area (Å²) in [5.41, 5.74) is 7.76. The largest absolute Gasteiger partial charge is 0.474 e. The molecule has 39 heavy (non-hydrogen) atoms. The minimum Gasteiger partial charge on any atom is -0.474 e. The van der Waals surface area contributed by atoms with Crippen molar-refractivity contribution >= 4 is 38.2 Å². The fraction of sp³-hybridized carbons (Fsp3) is 0.500. The molecule has 0 aliphatic carbocycles. The minimum atomic E-state index is -3.06. The molecule has 3 aromatic heterocycles. The number of nitrogens with one attached hydrogen (secondary N) is 1. The van der Waals surface area contributed by atoms with E-state index >= 15 is 0 Å². The molecule has 208 valence electrons. The number of cyclic esters (lactones) is 1. The summed E-state index contributed by atoms with van der Waals surface area (Å²) < 4.78 is 36.2. The lowest BCUT2D eigenvalue weighted by Gasteiger charge is -2.27. The van der Waals surface area contributed by atoms with Crippen LogP contribution < -0.4 is 15.8 Å². The number of pyridine rings is 3. The van der Waals surface area contributed by atoms with Crippen LogP contribution in [0.15, 0.2) is 30.6 Å². The second-order valence-electron chi connectivity index (χ2n) is 11.3. The number of carbonyl (C=O) groups is 1. The number of rotatable bonds is 7. The summed E-state index contributed by atoms with van der Waals surface area (Å²) in [4.78, 5) is 26.1. The van der Waals surface area contributed by atoms with E-state index in [4.69, 9.17) is 20.2 Å². The molecule has 1 fully saturated rings. The van der Waals surface area contributed by atoms with Gasteiger partial charge in [-0.3, -0.25) is 0 Å². The molecule has 5 rings (SSSR count). The number of esters is 1. The second kappa shape index (κ2) is 10.0. The number of ether oxygens (including phenoxy) is 2. The highest BCUT2D eigenvalue weighted by Gasteiger charge is 2.33. The van der Waals surface area contributed by atoms with Gasteiger partial charge in [0, 0.05) is 30.3 Å². The summed E-state index contributed by atoms with van der Waals surface area (Å²) >= 11 is 0. The third-order valence-electron chi connectivity index (χ3n) is 7.63. The molecular formula is C28H35N5O5S. The number of nitrogens with two attached hydrogens (primary N) is 1. The predicted molar refractivity (Wildman–Crippen MR) is 149 cm³/mol. The van der Waals surface area contributed by atoms with E-state index in [1.807, 2.05) is 40.7 Å². The lowest BCUT2D eigenvalue weighted by atomic mass is 9.93. The molecule has 0 radical (unpaired) electrons. The molecule has 5 heterocycles. The van der Waals surface area contributed by atoms with Gasteiger partial charge in [-0.25, -0.2) is 28.2 Å². The van der Waals surface area contributed by atoms with E-state index in [1.54, 1.807) is 24.5 Å². The standard InChI is InChI=1S/C28H35N5O5S/c1-15(11-18-7-6-10-39(18,35)36)37-26-21-13-30-24(12-20(21)22(14-31-26)28(4,5)29)32-23-9-8-19-25(33-23)16(2)17(3)38-27(19)34/h8-9,12-18H,6-7,10-11,29H2,1-5H3,(H,30,32,33)/t15-,16-,17-,18-/m0/s1. The van der Waals surface area contributed by atoms with E-state index in [-0.39, 0.29) is 35.1 Å². The van der Waals surface area contributed by atoms with E-state index in [1.165, 1.54) is 0 Å². The van der Waals surface area contributed by atoms with Crippen LogP contribution in [0.1, 0.15) is 81.4 Å². The fourth-order valence-corrected chi connectivity index (χ4v) is 7.26. The number of hydrogen-bond acceptors (Lipinski definition) is 10. The molecule has 0 unspecified atom stereocenters.